The molecule has 7 heteroatoms. The fourth-order valence-electron chi connectivity index (χ4n) is 1.25. The van der Waals surface area contributed by atoms with Gasteiger partial charge in [-0.3, -0.25) is 9.89 Å². The van der Waals surface area contributed by atoms with Gasteiger partial charge >= 0.3 is 0 Å². The van der Waals surface area contributed by atoms with E-state index in [9.17, 15) is 9.18 Å². The van der Waals surface area contributed by atoms with Crippen LogP contribution in [0, 0.1) is 17.5 Å². The molecule has 0 radical (unpaired) electrons. The molecule has 0 saturated heterocycles. The molecule has 18 heavy (non-hydrogen) atoms. The second-order valence-electron chi connectivity index (χ2n) is 3.53. The van der Waals surface area contributed by atoms with Crippen LogP contribution >= 0.6 is 12.2 Å². The topological polar surface area (TPSA) is 63.0 Å². The lowest BCUT2D eigenvalue weighted by atomic mass is 10.2. The van der Waals surface area contributed by atoms with Crippen LogP contribution in [0.3, 0.4) is 0 Å². The number of rotatable bonds is 2. The van der Waals surface area contributed by atoms with Crippen LogP contribution in [0.4, 0.5) is 4.39 Å². The number of H-pyrrole nitrogens is 1. The van der Waals surface area contributed by atoms with E-state index in [4.69, 9.17) is 12.2 Å². The first kappa shape index (κ1) is 12.3. The van der Waals surface area contributed by atoms with Crippen molar-refractivity contribution >= 4 is 18.4 Å². The van der Waals surface area contributed by atoms with Gasteiger partial charge in [0.2, 0.25) is 4.77 Å². The third-order valence-electron chi connectivity index (χ3n) is 2.21. The molecule has 5 nitrogen and oxygen atoms in total. The molecule has 92 valence electrons. The summed E-state index contributed by atoms with van der Waals surface area (Å²) in [6.45, 7) is 1.55. The molecule has 2 rings (SSSR count). The molecule has 1 N–H and O–H groups in total. The van der Waals surface area contributed by atoms with E-state index in [2.05, 4.69) is 15.3 Å². The summed E-state index contributed by atoms with van der Waals surface area (Å²) in [5.41, 5.74) is 0.532. The van der Waals surface area contributed by atoms with Gasteiger partial charge in [-0.25, -0.2) is 4.39 Å². The van der Waals surface area contributed by atoms with Crippen LogP contribution in [0.1, 0.15) is 11.3 Å². The fourth-order valence-corrected chi connectivity index (χ4v) is 1.43. The van der Waals surface area contributed by atoms with E-state index >= 15 is 0 Å². The highest BCUT2D eigenvalue weighted by Gasteiger charge is 2.00. The smallest absolute Gasteiger partial charge is 0.265 e. The minimum absolute atomic E-state index is 0.101. The first-order valence-corrected chi connectivity index (χ1v) is 5.47. The lowest BCUT2D eigenvalue weighted by molar-refractivity contribution is 0.628. The largest absolute Gasteiger partial charge is 0.296 e. The van der Waals surface area contributed by atoms with E-state index < -0.39 is 5.56 Å². The van der Waals surface area contributed by atoms with Crippen molar-refractivity contribution in [3.8, 4) is 0 Å². The zero-order chi connectivity index (χ0) is 13.1. The Morgan fingerprint density at radius 3 is 2.78 bits per heavy atom. The first-order valence-electron chi connectivity index (χ1n) is 5.06. The molecule has 0 aliphatic rings. The van der Waals surface area contributed by atoms with Crippen molar-refractivity contribution in [3.63, 3.8) is 0 Å². The molecule has 1 aromatic carbocycles. The Morgan fingerprint density at radius 1 is 1.44 bits per heavy atom. The van der Waals surface area contributed by atoms with Crippen molar-refractivity contribution < 1.29 is 4.39 Å². The Labute approximate surface area is 107 Å². The second kappa shape index (κ2) is 5.01. The standard InChI is InChI=1S/C11H9FN4OS/c1-7-10(17)16(11(18)15-14-7)13-6-8-2-4-9(12)5-3-8/h2-6H,1H3,(H,15,18). The maximum atomic E-state index is 12.7. The van der Waals surface area contributed by atoms with Gasteiger partial charge < -0.3 is 0 Å². The van der Waals surface area contributed by atoms with E-state index in [0.717, 1.165) is 4.68 Å². The normalized spacial score (nSPS) is 11.0. The summed E-state index contributed by atoms with van der Waals surface area (Å²) in [5, 5.41) is 10.2. The minimum atomic E-state index is -0.392. The molecule has 1 aromatic heterocycles. The number of hydrogen-bond acceptors (Lipinski definition) is 4. The number of aryl methyl sites for hydroxylation is 1. The van der Waals surface area contributed by atoms with E-state index in [1.807, 2.05) is 0 Å². The summed E-state index contributed by atoms with van der Waals surface area (Å²) in [5.74, 6) is -0.332. The van der Waals surface area contributed by atoms with E-state index in [1.165, 1.54) is 18.3 Å². The number of aromatic amines is 1. The van der Waals surface area contributed by atoms with Gasteiger partial charge in [0.1, 0.15) is 11.5 Å². The van der Waals surface area contributed by atoms with Gasteiger partial charge in [0.05, 0.1) is 6.21 Å². The van der Waals surface area contributed by atoms with Gasteiger partial charge in [0, 0.05) is 0 Å². The zero-order valence-corrected chi connectivity index (χ0v) is 10.2. The van der Waals surface area contributed by atoms with Crippen molar-refractivity contribution in [2.45, 2.75) is 6.92 Å². The van der Waals surface area contributed by atoms with Gasteiger partial charge in [-0.05, 0) is 36.8 Å². The Balaban J connectivity index is 2.41. The molecular formula is C11H9FN4OS. The van der Waals surface area contributed by atoms with Gasteiger partial charge in [0.25, 0.3) is 5.56 Å². The number of halogens is 1. The zero-order valence-electron chi connectivity index (χ0n) is 9.42. The Hall–Kier alpha value is -2.15. The summed E-state index contributed by atoms with van der Waals surface area (Å²) in [6.07, 6.45) is 1.42. The molecule has 0 spiro atoms. The fraction of sp³-hybridized carbons (Fsp3) is 0.0909. The Kier molecular flexibility index (Phi) is 3.42. The number of hydrogen-bond donors (Lipinski definition) is 1. The lowest BCUT2D eigenvalue weighted by Crippen LogP contribution is -2.22. The van der Waals surface area contributed by atoms with E-state index in [-0.39, 0.29) is 16.3 Å². The van der Waals surface area contributed by atoms with Crippen LogP contribution in [0.15, 0.2) is 34.2 Å². The lowest BCUT2D eigenvalue weighted by Gasteiger charge is -1.98. The minimum Gasteiger partial charge on any atom is -0.265 e. The Morgan fingerprint density at radius 2 is 2.11 bits per heavy atom. The van der Waals surface area contributed by atoms with Crippen molar-refractivity contribution in [2.24, 2.45) is 5.10 Å². The molecule has 2 aromatic rings. The highest BCUT2D eigenvalue weighted by atomic mass is 32.1. The monoisotopic (exact) mass is 264 g/mol. The molecule has 0 saturated carbocycles. The highest BCUT2D eigenvalue weighted by Crippen LogP contribution is 1.99. The molecule has 0 amide bonds. The van der Waals surface area contributed by atoms with Crippen molar-refractivity contribution in [2.75, 3.05) is 0 Å². The first-order chi connectivity index (χ1) is 8.58. The van der Waals surface area contributed by atoms with Crippen LogP contribution in [0.5, 0.6) is 0 Å². The molecule has 0 fully saturated rings. The third-order valence-corrected chi connectivity index (χ3v) is 2.47. The van der Waals surface area contributed by atoms with Gasteiger partial charge in [-0.2, -0.15) is 14.9 Å². The number of nitrogens with zero attached hydrogens (tertiary/aromatic N) is 3. The van der Waals surface area contributed by atoms with Crippen LogP contribution in [-0.2, 0) is 0 Å². The molecular weight excluding hydrogens is 255 g/mol. The predicted molar refractivity (Wildman–Crippen MR) is 67.8 cm³/mol. The highest BCUT2D eigenvalue weighted by molar-refractivity contribution is 7.71. The van der Waals surface area contributed by atoms with Crippen molar-refractivity contribution in [1.82, 2.24) is 14.9 Å². The van der Waals surface area contributed by atoms with Crippen molar-refractivity contribution in [1.29, 1.82) is 0 Å². The summed E-state index contributed by atoms with van der Waals surface area (Å²) >= 11 is 4.91. The number of nitrogens with one attached hydrogen (secondary N) is 1. The maximum absolute atomic E-state index is 12.7. The second-order valence-corrected chi connectivity index (χ2v) is 3.91. The van der Waals surface area contributed by atoms with Crippen molar-refractivity contribution in [3.05, 3.63) is 56.5 Å². The SMILES string of the molecule is Cc1n[nH]c(=S)n(N=Cc2ccc(F)cc2)c1=O. The van der Waals surface area contributed by atoms with E-state index in [1.54, 1.807) is 19.1 Å². The summed E-state index contributed by atoms with van der Waals surface area (Å²) in [4.78, 5) is 11.7. The molecule has 0 bridgehead atoms. The van der Waals surface area contributed by atoms with Crippen LogP contribution in [0.2, 0.25) is 0 Å². The van der Waals surface area contributed by atoms with Gasteiger partial charge in [-0.1, -0.05) is 12.1 Å². The summed E-state index contributed by atoms with van der Waals surface area (Å²) in [6, 6.07) is 5.71. The molecule has 0 aliphatic carbocycles. The number of aromatic nitrogens is 3. The average molecular weight is 264 g/mol. The third kappa shape index (κ3) is 2.57. The van der Waals surface area contributed by atoms with Crippen LogP contribution in [0.25, 0.3) is 0 Å². The van der Waals surface area contributed by atoms with Gasteiger partial charge in [0.15, 0.2) is 0 Å². The average Bonchev–Trinajstić information content (AvgIpc) is 2.36. The summed E-state index contributed by atoms with van der Waals surface area (Å²) < 4.78 is 13.8. The molecule has 0 atom stereocenters. The molecule has 0 aliphatic heterocycles. The van der Waals surface area contributed by atoms with Gasteiger partial charge in [-0.15, -0.1) is 0 Å². The Bertz CT molecular complexity index is 702. The van der Waals surface area contributed by atoms with Crippen LogP contribution in [-0.4, -0.2) is 21.1 Å². The number of benzene rings is 1. The predicted octanol–water partition coefficient (Wildman–Crippen LogP) is 1.63. The quantitative estimate of drug-likeness (QED) is 0.662. The summed E-state index contributed by atoms with van der Waals surface area (Å²) in [7, 11) is 0. The molecule has 0 unspecified atom stereocenters. The maximum Gasteiger partial charge on any atom is 0.296 e. The molecule has 1 heterocycles. The van der Waals surface area contributed by atoms with E-state index in [0.29, 0.717) is 5.56 Å². The van der Waals surface area contributed by atoms with Crippen LogP contribution < -0.4 is 5.56 Å².